The summed E-state index contributed by atoms with van der Waals surface area (Å²) in [4.78, 5) is 20.0. The number of aryl methyl sites for hydroxylation is 2. The van der Waals surface area contributed by atoms with Crippen molar-refractivity contribution in [2.24, 2.45) is 5.84 Å². The molecule has 0 saturated carbocycles. The van der Waals surface area contributed by atoms with Crippen LogP contribution in [-0.4, -0.2) is 22.8 Å². The predicted octanol–water partition coefficient (Wildman–Crippen LogP) is 2.06. The molecule has 7 heteroatoms. The van der Waals surface area contributed by atoms with Crippen molar-refractivity contribution in [3.05, 3.63) is 37.5 Å². The number of nitrogen functional groups attached to an aromatic ring is 1. The number of amides is 1. The van der Waals surface area contributed by atoms with Gasteiger partial charge in [0, 0.05) is 23.3 Å². The molecule has 0 bridgehead atoms. The highest BCUT2D eigenvalue weighted by atomic mass is 32.1. The standard InChI is InChI=1S/C13H18N4OS2/c1-8-10(4-12(20-8)13(18)16-14)5-17(3)6-11-7-19-9(2)15-11/h4,7H,5-6,14H2,1-3H3,(H,16,18). The van der Waals surface area contributed by atoms with Crippen LogP contribution in [0.15, 0.2) is 11.4 Å². The van der Waals surface area contributed by atoms with Gasteiger partial charge in [-0.3, -0.25) is 15.1 Å². The van der Waals surface area contributed by atoms with Crippen molar-refractivity contribution >= 4 is 28.6 Å². The fourth-order valence-electron chi connectivity index (χ4n) is 1.96. The zero-order valence-corrected chi connectivity index (χ0v) is 13.4. The molecule has 0 atom stereocenters. The van der Waals surface area contributed by atoms with Gasteiger partial charge in [-0.2, -0.15) is 0 Å². The number of nitrogens with two attached hydrogens (primary N) is 1. The molecular weight excluding hydrogens is 292 g/mol. The number of hydrogen-bond donors (Lipinski definition) is 2. The normalized spacial score (nSPS) is 11.1. The molecule has 0 unspecified atom stereocenters. The maximum absolute atomic E-state index is 11.5. The Hall–Kier alpha value is -1.28. The first kappa shape index (κ1) is 15.1. The van der Waals surface area contributed by atoms with Gasteiger partial charge in [-0.15, -0.1) is 22.7 Å². The minimum Gasteiger partial charge on any atom is -0.296 e. The van der Waals surface area contributed by atoms with Gasteiger partial charge in [0.1, 0.15) is 0 Å². The highest BCUT2D eigenvalue weighted by Crippen LogP contribution is 2.23. The second kappa shape index (κ2) is 6.45. The molecule has 0 aliphatic rings. The van der Waals surface area contributed by atoms with Crippen LogP contribution in [0.1, 0.15) is 30.8 Å². The third-order valence-corrected chi connectivity index (χ3v) is 4.83. The summed E-state index contributed by atoms with van der Waals surface area (Å²) in [6.07, 6.45) is 0. The van der Waals surface area contributed by atoms with Crippen molar-refractivity contribution in [1.29, 1.82) is 0 Å². The summed E-state index contributed by atoms with van der Waals surface area (Å²) in [5, 5.41) is 3.17. The molecule has 20 heavy (non-hydrogen) atoms. The smallest absolute Gasteiger partial charge is 0.275 e. The van der Waals surface area contributed by atoms with Crippen LogP contribution in [0.5, 0.6) is 0 Å². The van der Waals surface area contributed by atoms with E-state index in [1.807, 2.05) is 19.9 Å². The Morgan fingerprint density at radius 2 is 2.20 bits per heavy atom. The summed E-state index contributed by atoms with van der Waals surface area (Å²) < 4.78 is 0. The van der Waals surface area contributed by atoms with E-state index in [-0.39, 0.29) is 5.91 Å². The van der Waals surface area contributed by atoms with E-state index in [1.165, 1.54) is 11.3 Å². The first-order valence-electron chi connectivity index (χ1n) is 6.19. The maximum atomic E-state index is 11.5. The van der Waals surface area contributed by atoms with E-state index in [9.17, 15) is 4.79 Å². The molecular formula is C13H18N4OS2. The van der Waals surface area contributed by atoms with E-state index in [0.29, 0.717) is 4.88 Å². The molecule has 2 heterocycles. The number of hydrazine groups is 1. The maximum Gasteiger partial charge on any atom is 0.275 e. The van der Waals surface area contributed by atoms with Gasteiger partial charge < -0.3 is 0 Å². The van der Waals surface area contributed by atoms with Crippen molar-refractivity contribution in [1.82, 2.24) is 15.3 Å². The molecule has 2 rings (SSSR count). The zero-order valence-electron chi connectivity index (χ0n) is 11.8. The average molecular weight is 310 g/mol. The SMILES string of the molecule is Cc1nc(CN(C)Cc2cc(C(=O)NN)sc2C)cs1. The lowest BCUT2D eigenvalue weighted by atomic mass is 10.2. The molecule has 1 amide bonds. The fourth-order valence-corrected chi connectivity index (χ4v) is 3.50. The summed E-state index contributed by atoms with van der Waals surface area (Å²) in [5.74, 6) is 4.92. The van der Waals surface area contributed by atoms with E-state index in [0.717, 1.165) is 34.2 Å². The Bertz CT molecular complexity index is 605. The van der Waals surface area contributed by atoms with Crippen molar-refractivity contribution in [3.63, 3.8) is 0 Å². The Balaban J connectivity index is 2.02. The molecule has 0 radical (unpaired) electrons. The highest BCUT2D eigenvalue weighted by molar-refractivity contribution is 7.14. The highest BCUT2D eigenvalue weighted by Gasteiger charge is 2.13. The number of thiazole rings is 1. The van der Waals surface area contributed by atoms with Gasteiger partial charge >= 0.3 is 0 Å². The van der Waals surface area contributed by atoms with Crippen LogP contribution in [0.25, 0.3) is 0 Å². The Kier molecular flexibility index (Phi) is 4.87. The molecule has 5 nitrogen and oxygen atoms in total. The van der Waals surface area contributed by atoms with Crippen LogP contribution in [0, 0.1) is 13.8 Å². The lowest BCUT2D eigenvalue weighted by Gasteiger charge is -2.14. The summed E-state index contributed by atoms with van der Waals surface area (Å²) in [6, 6.07) is 1.91. The quantitative estimate of drug-likeness (QED) is 0.504. The summed E-state index contributed by atoms with van der Waals surface area (Å²) >= 11 is 3.13. The van der Waals surface area contributed by atoms with Gasteiger partial charge in [0.05, 0.1) is 15.6 Å². The lowest BCUT2D eigenvalue weighted by Crippen LogP contribution is -2.29. The van der Waals surface area contributed by atoms with Crippen LogP contribution in [0.3, 0.4) is 0 Å². The number of hydrogen-bond acceptors (Lipinski definition) is 6. The molecule has 0 aliphatic carbocycles. The molecule has 108 valence electrons. The Morgan fingerprint density at radius 1 is 1.45 bits per heavy atom. The number of carbonyl (C=O) groups excluding carboxylic acids is 1. The lowest BCUT2D eigenvalue weighted by molar-refractivity contribution is 0.0957. The third-order valence-electron chi connectivity index (χ3n) is 2.91. The van der Waals surface area contributed by atoms with Crippen molar-refractivity contribution in [2.75, 3.05) is 7.05 Å². The van der Waals surface area contributed by atoms with Crippen molar-refractivity contribution in [3.8, 4) is 0 Å². The molecule has 0 aromatic carbocycles. The van der Waals surface area contributed by atoms with E-state index in [2.05, 4.69) is 27.7 Å². The molecule has 2 aromatic rings. The van der Waals surface area contributed by atoms with Gasteiger partial charge in [0.15, 0.2) is 0 Å². The minimum atomic E-state index is -0.234. The molecule has 0 fully saturated rings. The molecule has 0 aliphatic heterocycles. The molecule has 0 spiro atoms. The van der Waals surface area contributed by atoms with Gasteiger partial charge in [-0.25, -0.2) is 10.8 Å². The first-order valence-corrected chi connectivity index (χ1v) is 7.89. The second-order valence-electron chi connectivity index (χ2n) is 4.70. The zero-order chi connectivity index (χ0) is 14.7. The third kappa shape index (κ3) is 3.63. The summed E-state index contributed by atoms with van der Waals surface area (Å²) in [5.41, 5.74) is 4.41. The minimum absolute atomic E-state index is 0.234. The molecule has 3 N–H and O–H groups in total. The largest absolute Gasteiger partial charge is 0.296 e. The van der Waals surface area contributed by atoms with E-state index in [4.69, 9.17) is 5.84 Å². The van der Waals surface area contributed by atoms with Gasteiger partial charge in [0.25, 0.3) is 5.91 Å². The van der Waals surface area contributed by atoms with Crippen LogP contribution in [-0.2, 0) is 13.1 Å². The second-order valence-corrected chi connectivity index (χ2v) is 7.01. The van der Waals surface area contributed by atoms with E-state index < -0.39 is 0 Å². The summed E-state index contributed by atoms with van der Waals surface area (Å²) in [6.45, 7) is 5.62. The van der Waals surface area contributed by atoms with Crippen molar-refractivity contribution in [2.45, 2.75) is 26.9 Å². The summed E-state index contributed by atoms with van der Waals surface area (Å²) in [7, 11) is 2.05. The average Bonchev–Trinajstić information content (AvgIpc) is 2.96. The molecule has 2 aromatic heterocycles. The van der Waals surface area contributed by atoms with Gasteiger partial charge in [-0.1, -0.05) is 0 Å². The molecule has 0 saturated heterocycles. The number of carbonyl (C=O) groups is 1. The fraction of sp³-hybridized carbons (Fsp3) is 0.385. The van der Waals surface area contributed by atoms with Crippen LogP contribution in [0.4, 0.5) is 0 Å². The van der Waals surface area contributed by atoms with Gasteiger partial charge in [0.2, 0.25) is 0 Å². The predicted molar refractivity (Wildman–Crippen MR) is 82.7 cm³/mol. The van der Waals surface area contributed by atoms with Crippen LogP contribution in [0.2, 0.25) is 0 Å². The van der Waals surface area contributed by atoms with E-state index in [1.54, 1.807) is 11.3 Å². The first-order chi connectivity index (χ1) is 9.49. The van der Waals surface area contributed by atoms with Crippen LogP contribution < -0.4 is 11.3 Å². The Labute approximate surface area is 126 Å². The monoisotopic (exact) mass is 310 g/mol. The number of rotatable bonds is 5. The van der Waals surface area contributed by atoms with E-state index >= 15 is 0 Å². The number of aromatic nitrogens is 1. The van der Waals surface area contributed by atoms with Crippen LogP contribution >= 0.6 is 22.7 Å². The van der Waals surface area contributed by atoms with Crippen molar-refractivity contribution < 1.29 is 4.79 Å². The number of nitrogens with zero attached hydrogens (tertiary/aromatic N) is 2. The van der Waals surface area contributed by atoms with Gasteiger partial charge in [-0.05, 0) is 32.5 Å². The Morgan fingerprint density at radius 3 is 2.80 bits per heavy atom. The number of nitrogens with one attached hydrogen (secondary N) is 1. The number of thiophene rings is 1. The topological polar surface area (TPSA) is 71.2 Å².